The Morgan fingerprint density at radius 3 is 2.79 bits per heavy atom. The largest absolute Gasteiger partial charge is 0.377 e. The van der Waals surface area contributed by atoms with Crippen molar-refractivity contribution in [3.63, 3.8) is 0 Å². The maximum atomic E-state index is 5.10. The fourth-order valence-electron chi connectivity index (χ4n) is 2.61. The van der Waals surface area contributed by atoms with Gasteiger partial charge in [-0.25, -0.2) is 9.67 Å². The first kappa shape index (κ1) is 21.1. The molecule has 8 heteroatoms. The molecule has 1 aliphatic rings. The molecule has 2 N–H and O–H groups in total. The molecule has 1 atom stereocenters. The molecule has 1 aromatic rings. The fraction of sp³-hybridized carbons (Fsp3) is 0.812. The highest BCUT2D eigenvalue weighted by molar-refractivity contribution is 14.0. The van der Waals surface area contributed by atoms with Crippen LogP contribution in [0, 0.1) is 5.41 Å². The van der Waals surface area contributed by atoms with Crippen molar-refractivity contribution in [2.75, 3.05) is 20.7 Å². The standard InChI is InChI=1S/C16H30N6O.HI/c1-16(2,3)8-9-18-15(17-4)19-12-6-7-14-20-13(11-23-5)21-22(14)10-12;/h12H,6-11H2,1-5H3,(H2,17,18,19);1H. The Morgan fingerprint density at radius 2 is 2.17 bits per heavy atom. The van der Waals surface area contributed by atoms with Gasteiger partial charge in [-0.15, -0.1) is 24.0 Å². The molecule has 2 heterocycles. The number of fused-ring (bicyclic) bond motifs is 1. The van der Waals surface area contributed by atoms with E-state index >= 15 is 0 Å². The second-order valence-corrected chi connectivity index (χ2v) is 7.25. The van der Waals surface area contributed by atoms with Crippen LogP contribution in [-0.2, 0) is 24.3 Å². The summed E-state index contributed by atoms with van der Waals surface area (Å²) in [7, 11) is 3.48. The summed E-state index contributed by atoms with van der Waals surface area (Å²) in [4.78, 5) is 8.83. The summed E-state index contributed by atoms with van der Waals surface area (Å²) in [5.41, 5.74) is 0.323. The molecule has 0 saturated carbocycles. The number of hydrogen-bond donors (Lipinski definition) is 2. The zero-order valence-electron chi connectivity index (χ0n) is 15.4. The van der Waals surface area contributed by atoms with Gasteiger partial charge in [0.1, 0.15) is 12.4 Å². The van der Waals surface area contributed by atoms with E-state index in [0.717, 1.165) is 50.0 Å². The quantitative estimate of drug-likeness (QED) is 0.408. The van der Waals surface area contributed by atoms with E-state index in [9.17, 15) is 0 Å². The third kappa shape index (κ3) is 6.54. The van der Waals surface area contributed by atoms with E-state index < -0.39 is 0 Å². The van der Waals surface area contributed by atoms with Gasteiger partial charge in [0.15, 0.2) is 11.8 Å². The van der Waals surface area contributed by atoms with Crippen molar-refractivity contribution < 1.29 is 4.74 Å². The van der Waals surface area contributed by atoms with Crippen LogP contribution >= 0.6 is 24.0 Å². The van der Waals surface area contributed by atoms with Crippen LogP contribution in [0.3, 0.4) is 0 Å². The van der Waals surface area contributed by atoms with E-state index in [4.69, 9.17) is 4.74 Å². The number of halogens is 1. The SMILES string of the molecule is CN=C(NCCC(C)(C)C)NC1CCc2nc(COC)nn2C1.I. The highest BCUT2D eigenvalue weighted by Gasteiger charge is 2.22. The Morgan fingerprint density at radius 1 is 1.42 bits per heavy atom. The van der Waals surface area contributed by atoms with E-state index in [1.807, 2.05) is 11.7 Å². The number of rotatable bonds is 5. The molecule has 0 spiro atoms. The minimum absolute atomic E-state index is 0. The molecular formula is C16H31IN6O. The molecule has 24 heavy (non-hydrogen) atoms. The lowest BCUT2D eigenvalue weighted by molar-refractivity contribution is 0.177. The molecule has 1 aliphatic heterocycles. The van der Waals surface area contributed by atoms with Gasteiger partial charge >= 0.3 is 0 Å². The molecular weight excluding hydrogens is 419 g/mol. The summed E-state index contributed by atoms with van der Waals surface area (Å²) in [5.74, 6) is 2.67. The van der Waals surface area contributed by atoms with Crippen LogP contribution in [0.2, 0.25) is 0 Å². The highest BCUT2D eigenvalue weighted by Crippen LogP contribution is 2.17. The van der Waals surface area contributed by atoms with E-state index in [1.54, 1.807) is 7.11 Å². The van der Waals surface area contributed by atoms with E-state index in [1.165, 1.54) is 0 Å². The molecule has 0 aromatic carbocycles. The molecule has 7 nitrogen and oxygen atoms in total. The van der Waals surface area contributed by atoms with Crippen LogP contribution < -0.4 is 10.6 Å². The summed E-state index contributed by atoms with van der Waals surface area (Å²) in [6, 6.07) is 0.320. The first-order chi connectivity index (χ1) is 10.9. The maximum absolute atomic E-state index is 5.10. The Bertz CT molecular complexity index is 537. The number of hydrogen-bond acceptors (Lipinski definition) is 4. The predicted octanol–water partition coefficient (Wildman–Crippen LogP) is 1.96. The van der Waals surface area contributed by atoms with Crippen LogP contribution in [0.25, 0.3) is 0 Å². The number of nitrogens with zero attached hydrogens (tertiary/aromatic N) is 4. The van der Waals surface area contributed by atoms with Gasteiger partial charge in [-0.1, -0.05) is 20.8 Å². The third-order valence-electron chi connectivity index (χ3n) is 3.91. The molecule has 0 amide bonds. The van der Waals surface area contributed by atoms with E-state index in [0.29, 0.717) is 18.1 Å². The number of aromatic nitrogens is 3. The van der Waals surface area contributed by atoms with Crippen molar-refractivity contribution in [2.24, 2.45) is 10.4 Å². The van der Waals surface area contributed by atoms with Gasteiger partial charge in [0.25, 0.3) is 0 Å². The summed E-state index contributed by atoms with van der Waals surface area (Å²) in [6.45, 7) is 8.93. The van der Waals surface area contributed by atoms with Gasteiger partial charge in [-0.2, -0.15) is 5.10 Å². The normalized spacial score (nSPS) is 17.9. The molecule has 0 fully saturated rings. The highest BCUT2D eigenvalue weighted by atomic mass is 127. The molecule has 0 radical (unpaired) electrons. The number of aliphatic imine (C=N–C) groups is 1. The molecule has 1 aromatic heterocycles. The summed E-state index contributed by atoms with van der Waals surface area (Å²) >= 11 is 0. The van der Waals surface area contributed by atoms with Gasteiger partial charge < -0.3 is 15.4 Å². The van der Waals surface area contributed by atoms with Gasteiger partial charge in [0, 0.05) is 33.2 Å². The van der Waals surface area contributed by atoms with E-state index in [-0.39, 0.29) is 24.0 Å². The Balaban J connectivity index is 0.00000288. The van der Waals surface area contributed by atoms with Crippen molar-refractivity contribution in [3.05, 3.63) is 11.6 Å². The summed E-state index contributed by atoms with van der Waals surface area (Å²) in [5, 5.41) is 11.4. The molecule has 1 unspecified atom stereocenters. The fourth-order valence-corrected chi connectivity index (χ4v) is 2.61. The lowest BCUT2D eigenvalue weighted by Crippen LogP contribution is -2.47. The van der Waals surface area contributed by atoms with Crippen LogP contribution in [0.4, 0.5) is 0 Å². The number of aryl methyl sites for hydroxylation is 1. The van der Waals surface area contributed by atoms with Crippen molar-refractivity contribution in [1.29, 1.82) is 0 Å². The van der Waals surface area contributed by atoms with Crippen LogP contribution in [0.1, 0.15) is 45.3 Å². The molecule has 0 aliphatic carbocycles. The molecule has 0 saturated heterocycles. The number of methoxy groups -OCH3 is 1. The number of nitrogens with one attached hydrogen (secondary N) is 2. The van der Waals surface area contributed by atoms with E-state index in [2.05, 4.69) is 46.5 Å². The third-order valence-corrected chi connectivity index (χ3v) is 3.91. The van der Waals surface area contributed by atoms with Crippen molar-refractivity contribution in [3.8, 4) is 0 Å². The topological polar surface area (TPSA) is 76.4 Å². The predicted molar refractivity (Wildman–Crippen MR) is 107 cm³/mol. The second-order valence-electron chi connectivity index (χ2n) is 7.25. The number of ether oxygens (including phenoxy) is 1. The summed E-state index contributed by atoms with van der Waals surface area (Å²) in [6.07, 6.45) is 3.06. The van der Waals surface area contributed by atoms with Gasteiger partial charge in [0.2, 0.25) is 0 Å². The smallest absolute Gasteiger partial charge is 0.191 e. The molecule has 0 bridgehead atoms. The zero-order valence-corrected chi connectivity index (χ0v) is 17.8. The van der Waals surface area contributed by atoms with Crippen molar-refractivity contribution in [2.45, 2.75) is 59.2 Å². The molecule has 138 valence electrons. The first-order valence-corrected chi connectivity index (χ1v) is 8.30. The Labute approximate surface area is 162 Å². The minimum Gasteiger partial charge on any atom is -0.377 e. The van der Waals surface area contributed by atoms with Crippen LogP contribution in [0.15, 0.2) is 4.99 Å². The average molecular weight is 450 g/mol. The van der Waals surface area contributed by atoms with Gasteiger partial charge in [-0.05, 0) is 18.3 Å². The maximum Gasteiger partial charge on any atom is 0.191 e. The number of guanidine groups is 1. The molecule has 2 rings (SSSR count). The Kier molecular flexibility index (Phi) is 8.41. The lowest BCUT2D eigenvalue weighted by atomic mass is 9.92. The average Bonchev–Trinajstić information content (AvgIpc) is 2.87. The minimum atomic E-state index is 0. The Hall–Kier alpha value is -0.900. The monoisotopic (exact) mass is 450 g/mol. The van der Waals surface area contributed by atoms with Crippen LogP contribution in [0.5, 0.6) is 0 Å². The summed E-state index contributed by atoms with van der Waals surface area (Å²) < 4.78 is 7.09. The van der Waals surface area contributed by atoms with Gasteiger partial charge in [-0.3, -0.25) is 4.99 Å². The zero-order chi connectivity index (χ0) is 16.9. The van der Waals surface area contributed by atoms with Crippen molar-refractivity contribution in [1.82, 2.24) is 25.4 Å². The van der Waals surface area contributed by atoms with Crippen molar-refractivity contribution >= 4 is 29.9 Å². The van der Waals surface area contributed by atoms with Crippen LogP contribution in [-0.4, -0.2) is 47.5 Å². The lowest BCUT2D eigenvalue weighted by Gasteiger charge is -2.26. The van der Waals surface area contributed by atoms with Gasteiger partial charge in [0.05, 0.1) is 6.54 Å². The second kappa shape index (κ2) is 9.55. The first-order valence-electron chi connectivity index (χ1n) is 8.30.